The first-order valence-electron chi connectivity index (χ1n) is 8.30. The quantitative estimate of drug-likeness (QED) is 0.862. The van der Waals surface area contributed by atoms with Gasteiger partial charge in [-0.1, -0.05) is 6.92 Å². The summed E-state index contributed by atoms with van der Waals surface area (Å²) in [5, 5.41) is 4.23. The van der Waals surface area contributed by atoms with E-state index in [1.54, 1.807) is 15.6 Å². The molecule has 6 heteroatoms. The summed E-state index contributed by atoms with van der Waals surface area (Å²) >= 11 is 0. The third kappa shape index (κ3) is 3.17. The number of rotatable bonds is 4. The van der Waals surface area contributed by atoms with E-state index in [0.717, 1.165) is 38.3 Å². The molecular weight excluding hydrogens is 290 g/mol. The van der Waals surface area contributed by atoms with Crippen molar-refractivity contribution >= 4 is 5.69 Å². The highest BCUT2D eigenvalue weighted by Gasteiger charge is 2.15. The van der Waals surface area contributed by atoms with Crippen molar-refractivity contribution in [2.24, 2.45) is 0 Å². The molecule has 1 atom stereocenters. The lowest BCUT2D eigenvalue weighted by atomic mass is 10.2. The van der Waals surface area contributed by atoms with Gasteiger partial charge < -0.3 is 9.80 Å². The molecule has 0 N–H and O–H groups in total. The maximum atomic E-state index is 12.4. The van der Waals surface area contributed by atoms with Crippen LogP contribution in [0, 0.1) is 0 Å². The SMILES string of the molecule is CC[C@H](C)n1ncn(-c2ccc(N3CCN(C)CC3)cc2)c1=O. The first-order valence-corrected chi connectivity index (χ1v) is 8.30. The minimum Gasteiger partial charge on any atom is -0.369 e. The van der Waals surface area contributed by atoms with Crippen molar-refractivity contribution in [1.29, 1.82) is 0 Å². The molecule has 1 aromatic carbocycles. The molecule has 0 saturated carbocycles. The van der Waals surface area contributed by atoms with E-state index in [1.165, 1.54) is 5.69 Å². The monoisotopic (exact) mass is 315 g/mol. The van der Waals surface area contributed by atoms with E-state index >= 15 is 0 Å². The van der Waals surface area contributed by atoms with E-state index in [2.05, 4.69) is 41.0 Å². The molecule has 0 unspecified atom stereocenters. The lowest BCUT2D eigenvalue weighted by Gasteiger charge is -2.34. The average molecular weight is 315 g/mol. The highest BCUT2D eigenvalue weighted by atomic mass is 16.2. The van der Waals surface area contributed by atoms with Crippen LogP contribution in [0.2, 0.25) is 0 Å². The first-order chi connectivity index (χ1) is 11.1. The van der Waals surface area contributed by atoms with Crippen molar-refractivity contribution < 1.29 is 0 Å². The molecule has 2 heterocycles. The second-order valence-electron chi connectivity index (χ2n) is 6.29. The molecule has 0 amide bonds. The van der Waals surface area contributed by atoms with Gasteiger partial charge in [0, 0.05) is 31.9 Å². The first kappa shape index (κ1) is 15.8. The van der Waals surface area contributed by atoms with Crippen LogP contribution in [0.4, 0.5) is 5.69 Å². The van der Waals surface area contributed by atoms with Gasteiger partial charge in [-0.3, -0.25) is 0 Å². The van der Waals surface area contributed by atoms with Crippen LogP contribution >= 0.6 is 0 Å². The zero-order valence-electron chi connectivity index (χ0n) is 14.1. The molecule has 0 bridgehead atoms. The molecule has 1 aliphatic rings. The number of piperazine rings is 1. The summed E-state index contributed by atoms with van der Waals surface area (Å²) in [6, 6.07) is 8.30. The van der Waals surface area contributed by atoms with Gasteiger partial charge >= 0.3 is 5.69 Å². The van der Waals surface area contributed by atoms with Crippen LogP contribution in [0.25, 0.3) is 5.69 Å². The number of hydrogen-bond acceptors (Lipinski definition) is 4. The number of benzene rings is 1. The van der Waals surface area contributed by atoms with Gasteiger partial charge in [0.15, 0.2) is 0 Å². The Morgan fingerprint density at radius 3 is 2.30 bits per heavy atom. The Morgan fingerprint density at radius 2 is 1.70 bits per heavy atom. The van der Waals surface area contributed by atoms with Crippen LogP contribution in [0.1, 0.15) is 26.3 Å². The van der Waals surface area contributed by atoms with E-state index in [-0.39, 0.29) is 11.7 Å². The molecule has 1 aliphatic heterocycles. The van der Waals surface area contributed by atoms with Gasteiger partial charge in [0.2, 0.25) is 0 Å². The van der Waals surface area contributed by atoms with Crippen molar-refractivity contribution in [1.82, 2.24) is 19.2 Å². The van der Waals surface area contributed by atoms with E-state index in [1.807, 2.05) is 19.1 Å². The number of hydrogen-bond donors (Lipinski definition) is 0. The summed E-state index contributed by atoms with van der Waals surface area (Å²) in [4.78, 5) is 17.2. The van der Waals surface area contributed by atoms with Gasteiger partial charge in [-0.15, -0.1) is 0 Å². The van der Waals surface area contributed by atoms with Crippen molar-refractivity contribution in [2.75, 3.05) is 38.1 Å². The largest absolute Gasteiger partial charge is 0.369 e. The Morgan fingerprint density at radius 1 is 1.09 bits per heavy atom. The standard InChI is InChI=1S/C17H25N5O/c1-4-14(2)22-17(23)21(13-18-22)16-7-5-15(6-8-16)20-11-9-19(3)10-12-20/h5-8,13-14H,4,9-12H2,1-3H3/t14-/m0/s1. The average Bonchev–Trinajstić information content (AvgIpc) is 2.96. The molecule has 0 spiro atoms. The molecule has 2 aromatic rings. The van der Waals surface area contributed by atoms with E-state index in [4.69, 9.17) is 0 Å². The fourth-order valence-corrected chi connectivity index (χ4v) is 2.86. The summed E-state index contributed by atoms with van der Waals surface area (Å²) in [6.07, 6.45) is 2.50. The van der Waals surface area contributed by atoms with Crippen molar-refractivity contribution in [3.8, 4) is 5.69 Å². The summed E-state index contributed by atoms with van der Waals surface area (Å²) in [5.74, 6) is 0. The normalized spacial score (nSPS) is 17.4. The number of anilines is 1. The van der Waals surface area contributed by atoms with Crippen LogP contribution in [-0.2, 0) is 0 Å². The smallest absolute Gasteiger partial charge is 0.350 e. The molecule has 23 heavy (non-hydrogen) atoms. The molecule has 0 aliphatic carbocycles. The minimum atomic E-state index is -0.0771. The van der Waals surface area contributed by atoms with Crippen LogP contribution in [0.3, 0.4) is 0 Å². The van der Waals surface area contributed by atoms with Crippen LogP contribution in [-0.4, -0.2) is 52.5 Å². The Hall–Kier alpha value is -2.08. The highest BCUT2D eigenvalue weighted by molar-refractivity contribution is 5.51. The van der Waals surface area contributed by atoms with Gasteiger partial charge in [-0.05, 0) is 44.7 Å². The fraction of sp³-hybridized carbons (Fsp3) is 0.529. The Kier molecular flexibility index (Phi) is 4.52. The summed E-state index contributed by atoms with van der Waals surface area (Å²) < 4.78 is 3.16. The van der Waals surface area contributed by atoms with E-state index in [0.29, 0.717) is 0 Å². The molecule has 1 saturated heterocycles. The topological polar surface area (TPSA) is 46.3 Å². The second-order valence-corrected chi connectivity index (χ2v) is 6.29. The molecule has 3 rings (SSSR count). The van der Waals surface area contributed by atoms with Crippen LogP contribution < -0.4 is 10.6 Å². The maximum absolute atomic E-state index is 12.4. The number of likely N-dealkylation sites (N-methyl/N-ethyl adjacent to an activating group) is 1. The predicted octanol–water partition coefficient (Wildman–Crippen LogP) is 1.76. The van der Waals surface area contributed by atoms with Gasteiger partial charge in [-0.25, -0.2) is 14.0 Å². The third-order valence-corrected chi connectivity index (χ3v) is 4.70. The second kappa shape index (κ2) is 6.58. The van der Waals surface area contributed by atoms with Gasteiger partial charge in [0.05, 0.1) is 11.7 Å². The zero-order chi connectivity index (χ0) is 16.4. The number of nitrogens with zero attached hydrogens (tertiary/aromatic N) is 5. The molecule has 6 nitrogen and oxygen atoms in total. The van der Waals surface area contributed by atoms with Crippen molar-refractivity contribution in [3.05, 3.63) is 41.1 Å². The molecule has 1 aromatic heterocycles. The Labute approximate surface area is 136 Å². The van der Waals surface area contributed by atoms with Gasteiger partial charge in [0.1, 0.15) is 6.33 Å². The zero-order valence-corrected chi connectivity index (χ0v) is 14.1. The van der Waals surface area contributed by atoms with Crippen molar-refractivity contribution in [3.63, 3.8) is 0 Å². The predicted molar refractivity (Wildman–Crippen MR) is 92.5 cm³/mol. The summed E-state index contributed by atoms with van der Waals surface area (Å²) in [5.41, 5.74) is 2.00. The third-order valence-electron chi connectivity index (χ3n) is 4.70. The summed E-state index contributed by atoms with van der Waals surface area (Å²) in [7, 11) is 2.15. The molecular formula is C17H25N5O. The molecule has 1 fully saturated rings. The Balaban J connectivity index is 1.80. The van der Waals surface area contributed by atoms with Gasteiger partial charge in [0.25, 0.3) is 0 Å². The van der Waals surface area contributed by atoms with Crippen molar-refractivity contribution in [2.45, 2.75) is 26.3 Å². The maximum Gasteiger partial charge on any atom is 0.350 e. The molecule has 0 radical (unpaired) electrons. The highest BCUT2D eigenvalue weighted by Crippen LogP contribution is 2.18. The number of aromatic nitrogens is 3. The van der Waals surface area contributed by atoms with E-state index < -0.39 is 0 Å². The lowest BCUT2D eigenvalue weighted by molar-refractivity contribution is 0.313. The fourth-order valence-electron chi connectivity index (χ4n) is 2.86. The Bertz CT molecular complexity index is 695. The molecule has 124 valence electrons. The van der Waals surface area contributed by atoms with Crippen LogP contribution in [0.5, 0.6) is 0 Å². The lowest BCUT2D eigenvalue weighted by Crippen LogP contribution is -2.44. The van der Waals surface area contributed by atoms with Crippen LogP contribution in [0.15, 0.2) is 35.4 Å². The minimum absolute atomic E-state index is 0.0771. The van der Waals surface area contributed by atoms with Gasteiger partial charge in [-0.2, -0.15) is 5.10 Å². The van der Waals surface area contributed by atoms with E-state index in [9.17, 15) is 4.79 Å². The summed E-state index contributed by atoms with van der Waals surface area (Å²) in [6.45, 7) is 8.32.